The van der Waals surface area contributed by atoms with Crippen LogP contribution < -0.4 is 10.6 Å². The summed E-state index contributed by atoms with van der Waals surface area (Å²) in [5, 5.41) is 10.6. The van der Waals surface area contributed by atoms with Crippen LogP contribution in [0.1, 0.15) is 20.8 Å². The van der Waals surface area contributed by atoms with Gasteiger partial charge in [0.05, 0.1) is 13.1 Å². The highest BCUT2D eigenvalue weighted by Gasteiger charge is 1.98. The molecular formula is C11H21N5. The van der Waals surface area contributed by atoms with Gasteiger partial charge in [-0.1, -0.05) is 0 Å². The molecule has 90 valence electrons. The van der Waals surface area contributed by atoms with Gasteiger partial charge in [-0.15, -0.1) is 0 Å². The second-order valence-corrected chi connectivity index (χ2v) is 3.83. The first kappa shape index (κ1) is 12.5. The van der Waals surface area contributed by atoms with Crippen molar-refractivity contribution in [2.75, 3.05) is 13.1 Å². The second kappa shape index (κ2) is 6.87. The Morgan fingerprint density at radius 3 is 2.88 bits per heavy atom. The van der Waals surface area contributed by atoms with Crippen molar-refractivity contribution in [1.29, 1.82) is 0 Å². The summed E-state index contributed by atoms with van der Waals surface area (Å²) in [6, 6.07) is 2.31. The summed E-state index contributed by atoms with van der Waals surface area (Å²) in [5.41, 5.74) is 0. The van der Waals surface area contributed by atoms with E-state index in [1.807, 2.05) is 16.9 Å². The zero-order valence-electron chi connectivity index (χ0n) is 10.3. The van der Waals surface area contributed by atoms with Crippen LogP contribution in [0.2, 0.25) is 0 Å². The van der Waals surface area contributed by atoms with E-state index in [0.29, 0.717) is 6.04 Å². The van der Waals surface area contributed by atoms with Crippen molar-refractivity contribution in [1.82, 2.24) is 20.4 Å². The highest BCUT2D eigenvalue weighted by Crippen LogP contribution is 1.86. The van der Waals surface area contributed by atoms with Gasteiger partial charge in [0, 0.05) is 25.0 Å². The van der Waals surface area contributed by atoms with Gasteiger partial charge in [-0.05, 0) is 26.8 Å². The number of hydrogen-bond donors (Lipinski definition) is 2. The highest BCUT2D eigenvalue weighted by atomic mass is 15.3. The zero-order chi connectivity index (χ0) is 11.8. The summed E-state index contributed by atoms with van der Waals surface area (Å²) in [4.78, 5) is 4.46. The van der Waals surface area contributed by atoms with Gasteiger partial charge in [0.15, 0.2) is 5.96 Å². The molecule has 0 spiro atoms. The lowest BCUT2D eigenvalue weighted by Crippen LogP contribution is -2.41. The highest BCUT2D eigenvalue weighted by molar-refractivity contribution is 5.79. The molecule has 0 fully saturated rings. The van der Waals surface area contributed by atoms with Crippen LogP contribution in [0.5, 0.6) is 0 Å². The Morgan fingerprint density at radius 1 is 1.50 bits per heavy atom. The van der Waals surface area contributed by atoms with Crippen LogP contribution in [0, 0.1) is 0 Å². The van der Waals surface area contributed by atoms with Gasteiger partial charge in [-0.2, -0.15) is 5.10 Å². The van der Waals surface area contributed by atoms with Crippen molar-refractivity contribution >= 4 is 5.96 Å². The van der Waals surface area contributed by atoms with E-state index < -0.39 is 0 Å². The minimum atomic E-state index is 0.391. The van der Waals surface area contributed by atoms with Gasteiger partial charge in [0.25, 0.3) is 0 Å². The van der Waals surface area contributed by atoms with Crippen molar-refractivity contribution < 1.29 is 0 Å². The lowest BCUT2D eigenvalue weighted by Gasteiger charge is -2.13. The Labute approximate surface area is 97.0 Å². The van der Waals surface area contributed by atoms with E-state index in [1.54, 1.807) is 6.20 Å². The Morgan fingerprint density at radius 2 is 2.31 bits per heavy atom. The molecule has 1 heterocycles. The summed E-state index contributed by atoms with van der Waals surface area (Å²) in [5.74, 6) is 0.865. The first-order chi connectivity index (χ1) is 7.72. The average molecular weight is 223 g/mol. The Balaban J connectivity index is 2.38. The molecule has 0 bridgehead atoms. The number of aromatic nitrogens is 2. The Hall–Kier alpha value is -1.52. The van der Waals surface area contributed by atoms with Crippen LogP contribution in [0.15, 0.2) is 23.5 Å². The molecule has 0 atom stereocenters. The first-order valence-corrected chi connectivity index (χ1v) is 5.74. The van der Waals surface area contributed by atoms with Crippen LogP contribution in [0.4, 0.5) is 0 Å². The van der Waals surface area contributed by atoms with Gasteiger partial charge >= 0.3 is 0 Å². The minimum absolute atomic E-state index is 0.391. The fourth-order valence-corrected chi connectivity index (χ4v) is 1.29. The molecule has 0 aliphatic heterocycles. The topological polar surface area (TPSA) is 54.2 Å². The maximum absolute atomic E-state index is 4.46. The molecule has 16 heavy (non-hydrogen) atoms. The van der Waals surface area contributed by atoms with Crippen molar-refractivity contribution in [2.45, 2.75) is 33.4 Å². The van der Waals surface area contributed by atoms with Gasteiger partial charge in [0.1, 0.15) is 0 Å². The summed E-state index contributed by atoms with van der Waals surface area (Å²) >= 11 is 0. The maximum atomic E-state index is 4.46. The number of rotatable bonds is 5. The zero-order valence-corrected chi connectivity index (χ0v) is 10.3. The predicted octanol–water partition coefficient (Wildman–Crippen LogP) is 0.847. The van der Waals surface area contributed by atoms with Crippen LogP contribution in [-0.4, -0.2) is 34.9 Å². The second-order valence-electron chi connectivity index (χ2n) is 3.83. The number of guanidine groups is 1. The maximum Gasteiger partial charge on any atom is 0.191 e. The van der Waals surface area contributed by atoms with Crippen molar-refractivity contribution in [3.05, 3.63) is 18.5 Å². The molecule has 5 nitrogen and oxygen atoms in total. The Bertz CT molecular complexity index is 302. The van der Waals surface area contributed by atoms with Crippen LogP contribution >= 0.6 is 0 Å². The van der Waals surface area contributed by atoms with Crippen molar-refractivity contribution in [3.63, 3.8) is 0 Å². The molecule has 1 rings (SSSR count). The standard InChI is InChI=1S/C11H21N5/c1-4-12-11(15-10(2)3)13-7-9-16-8-5-6-14-16/h5-6,8,10H,4,7,9H2,1-3H3,(H2,12,13,15). The third-order valence-electron chi connectivity index (χ3n) is 1.93. The quantitative estimate of drug-likeness (QED) is 0.574. The molecule has 1 aromatic rings. The van der Waals surface area contributed by atoms with Gasteiger partial charge in [-0.25, -0.2) is 0 Å². The third kappa shape index (κ3) is 4.82. The number of aliphatic imine (C=N–C) groups is 1. The number of nitrogens with one attached hydrogen (secondary N) is 2. The van der Waals surface area contributed by atoms with Gasteiger partial charge in [0.2, 0.25) is 0 Å². The van der Waals surface area contributed by atoms with E-state index >= 15 is 0 Å². The minimum Gasteiger partial charge on any atom is -0.357 e. The summed E-state index contributed by atoms with van der Waals surface area (Å²) in [7, 11) is 0. The van der Waals surface area contributed by atoms with Crippen LogP contribution in [-0.2, 0) is 6.54 Å². The fraction of sp³-hybridized carbons (Fsp3) is 0.636. The number of nitrogens with zero attached hydrogens (tertiary/aromatic N) is 3. The van der Waals surface area contributed by atoms with Gasteiger partial charge < -0.3 is 10.6 Å². The molecule has 2 N–H and O–H groups in total. The Kier molecular flexibility index (Phi) is 5.39. The summed E-state index contributed by atoms with van der Waals surface area (Å²) < 4.78 is 1.88. The van der Waals surface area contributed by atoms with E-state index in [1.165, 1.54) is 0 Å². The molecule has 0 amide bonds. The molecule has 0 aromatic carbocycles. The third-order valence-corrected chi connectivity index (χ3v) is 1.93. The first-order valence-electron chi connectivity index (χ1n) is 5.74. The van der Waals surface area contributed by atoms with E-state index in [4.69, 9.17) is 0 Å². The van der Waals surface area contributed by atoms with E-state index in [2.05, 4.69) is 41.5 Å². The molecule has 0 aliphatic rings. The normalized spacial score (nSPS) is 11.9. The molecule has 5 heteroatoms. The largest absolute Gasteiger partial charge is 0.357 e. The SMILES string of the molecule is CCNC(=NCCn1cccn1)NC(C)C. The van der Waals surface area contributed by atoms with E-state index in [9.17, 15) is 0 Å². The summed E-state index contributed by atoms with van der Waals surface area (Å²) in [6.07, 6.45) is 3.72. The molecule has 0 saturated carbocycles. The van der Waals surface area contributed by atoms with Gasteiger partial charge in [-0.3, -0.25) is 9.67 Å². The molecule has 1 aromatic heterocycles. The van der Waals surface area contributed by atoms with Crippen molar-refractivity contribution in [2.24, 2.45) is 4.99 Å². The lowest BCUT2D eigenvalue weighted by molar-refractivity contribution is 0.619. The predicted molar refractivity (Wildman–Crippen MR) is 66.5 cm³/mol. The van der Waals surface area contributed by atoms with E-state index in [-0.39, 0.29) is 0 Å². The monoisotopic (exact) mass is 223 g/mol. The smallest absolute Gasteiger partial charge is 0.191 e. The van der Waals surface area contributed by atoms with E-state index in [0.717, 1.165) is 25.6 Å². The molecule has 0 radical (unpaired) electrons. The molecular weight excluding hydrogens is 202 g/mol. The fourth-order valence-electron chi connectivity index (χ4n) is 1.29. The average Bonchev–Trinajstić information content (AvgIpc) is 2.70. The van der Waals surface area contributed by atoms with Crippen LogP contribution in [0.3, 0.4) is 0 Å². The van der Waals surface area contributed by atoms with Crippen LogP contribution in [0.25, 0.3) is 0 Å². The van der Waals surface area contributed by atoms with Crippen molar-refractivity contribution in [3.8, 4) is 0 Å². The molecule has 0 unspecified atom stereocenters. The summed E-state index contributed by atoms with van der Waals surface area (Å²) in [6.45, 7) is 8.66. The molecule has 0 aliphatic carbocycles. The number of hydrogen-bond acceptors (Lipinski definition) is 2. The lowest BCUT2D eigenvalue weighted by atomic mass is 10.4. The molecule has 0 saturated heterocycles.